The van der Waals surface area contributed by atoms with Crippen molar-refractivity contribution in [3.05, 3.63) is 53.4 Å². The van der Waals surface area contributed by atoms with Gasteiger partial charge in [-0.3, -0.25) is 0 Å². The van der Waals surface area contributed by atoms with Crippen LogP contribution in [0.25, 0.3) is 5.57 Å². The number of alkyl halides is 3. The van der Waals surface area contributed by atoms with E-state index in [-0.39, 0.29) is 16.7 Å². The first-order valence-electron chi connectivity index (χ1n) is 7.26. The molecule has 3 nitrogen and oxygen atoms in total. The molecule has 0 N–H and O–H groups in total. The number of hydrogen-bond acceptors (Lipinski definition) is 4. The van der Waals surface area contributed by atoms with Crippen LogP contribution in [-0.2, 0) is 0 Å². The van der Waals surface area contributed by atoms with Crippen molar-refractivity contribution in [2.75, 3.05) is 0 Å². The van der Waals surface area contributed by atoms with E-state index in [4.69, 9.17) is 4.74 Å². The number of benzene rings is 1. The molecule has 0 saturated carbocycles. The normalized spacial score (nSPS) is 16.2. The maximum Gasteiger partial charge on any atom is 0.446 e. The second-order valence-electron chi connectivity index (χ2n) is 6.03. The number of thioether (sulfide) groups is 1. The molecule has 1 aromatic heterocycles. The number of halogens is 3. The Morgan fingerprint density at radius 3 is 2.46 bits per heavy atom. The Bertz CT molecular complexity index is 798. The first-order chi connectivity index (χ1) is 11.1. The first-order valence-corrected chi connectivity index (χ1v) is 8.07. The quantitative estimate of drug-likeness (QED) is 0.713. The number of fused-ring (bicyclic) bond motifs is 1. The van der Waals surface area contributed by atoms with Crippen LogP contribution in [0.1, 0.15) is 30.8 Å². The maximum atomic E-state index is 12.7. The maximum absolute atomic E-state index is 12.7. The number of aryl methyl sites for hydroxylation is 1. The molecule has 1 aromatic carbocycles. The predicted octanol–water partition coefficient (Wildman–Crippen LogP) is 5.00. The fraction of sp³-hybridized carbons (Fsp3) is 0.294. The minimum atomic E-state index is -4.34. The Labute approximate surface area is 141 Å². The Morgan fingerprint density at radius 2 is 1.83 bits per heavy atom. The highest BCUT2D eigenvalue weighted by Gasteiger charge is 2.32. The number of hydrogen-bond donors (Lipinski definition) is 0. The van der Waals surface area contributed by atoms with Crippen molar-refractivity contribution < 1.29 is 17.9 Å². The predicted molar refractivity (Wildman–Crippen MR) is 86.9 cm³/mol. The molecule has 0 amide bonds. The van der Waals surface area contributed by atoms with Crippen LogP contribution in [0.15, 0.2) is 41.3 Å². The van der Waals surface area contributed by atoms with Gasteiger partial charge < -0.3 is 4.74 Å². The van der Waals surface area contributed by atoms with Gasteiger partial charge in [-0.15, -0.1) is 0 Å². The van der Waals surface area contributed by atoms with Crippen LogP contribution >= 0.6 is 11.8 Å². The van der Waals surface area contributed by atoms with Crippen LogP contribution in [0.4, 0.5) is 13.2 Å². The van der Waals surface area contributed by atoms with Crippen molar-refractivity contribution in [1.29, 1.82) is 0 Å². The van der Waals surface area contributed by atoms with Crippen LogP contribution in [0, 0.1) is 6.92 Å². The second kappa shape index (κ2) is 5.81. The highest BCUT2D eigenvalue weighted by atomic mass is 32.2. The molecule has 0 fully saturated rings. The highest BCUT2D eigenvalue weighted by molar-refractivity contribution is 8.00. The van der Waals surface area contributed by atoms with Crippen molar-refractivity contribution in [3.8, 4) is 5.75 Å². The summed E-state index contributed by atoms with van der Waals surface area (Å²) >= 11 is -0.146. The summed E-state index contributed by atoms with van der Waals surface area (Å²) in [6, 6.07) is 8.09. The largest absolute Gasteiger partial charge is 0.483 e. The summed E-state index contributed by atoms with van der Waals surface area (Å²) in [7, 11) is 0. The fourth-order valence-corrected chi connectivity index (χ4v) is 3.08. The summed E-state index contributed by atoms with van der Waals surface area (Å²) in [6.07, 6.45) is 1.86. The van der Waals surface area contributed by atoms with E-state index < -0.39 is 11.1 Å². The van der Waals surface area contributed by atoms with E-state index in [9.17, 15) is 13.2 Å². The molecule has 3 rings (SSSR count). The lowest BCUT2D eigenvalue weighted by atomic mass is 9.92. The molecule has 0 aliphatic carbocycles. The average Bonchev–Trinajstić information content (AvgIpc) is 2.45. The SMILES string of the molecule is Cc1ccc(C2=CC(C)(C)Oc3ccc(SC(F)(F)F)cc32)nn1. The van der Waals surface area contributed by atoms with Gasteiger partial charge in [0.2, 0.25) is 0 Å². The summed E-state index contributed by atoms with van der Waals surface area (Å²) in [5.74, 6) is 0.534. The smallest absolute Gasteiger partial charge is 0.446 e. The monoisotopic (exact) mass is 352 g/mol. The van der Waals surface area contributed by atoms with E-state index in [1.165, 1.54) is 12.1 Å². The van der Waals surface area contributed by atoms with Gasteiger partial charge >= 0.3 is 5.51 Å². The molecule has 0 bridgehead atoms. The lowest BCUT2D eigenvalue weighted by Gasteiger charge is -2.31. The molecule has 0 saturated heterocycles. The summed E-state index contributed by atoms with van der Waals surface area (Å²) in [4.78, 5) is 0.107. The summed E-state index contributed by atoms with van der Waals surface area (Å²) < 4.78 is 43.8. The van der Waals surface area contributed by atoms with E-state index in [2.05, 4.69) is 10.2 Å². The molecule has 1 aliphatic heterocycles. The molecule has 0 spiro atoms. The van der Waals surface area contributed by atoms with E-state index in [0.717, 1.165) is 11.3 Å². The first kappa shape index (κ1) is 16.8. The van der Waals surface area contributed by atoms with Crippen LogP contribution in [0.5, 0.6) is 5.75 Å². The van der Waals surface area contributed by atoms with Crippen LogP contribution in [0.3, 0.4) is 0 Å². The van der Waals surface area contributed by atoms with Gasteiger partial charge in [0.15, 0.2) is 0 Å². The molecule has 0 unspecified atom stereocenters. The minimum Gasteiger partial charge on any atom is -0.483 e. The highest BCUT2D eigenvalue weighted by Crippen LogP contribution is 2.43. The van der Waals surface area contributed by atoms with Gasteiger partial charge in [0.1, 0.15) is 11.4 Å². The van der Waals surface area contributed by atoms with E-state index >= 15 is 0 Å². The zero-order valence-corrected chi connectivity index (χ0v) is 14.1. The number of ether oxygens (including phenoxy) is 1. The van der Waals surface area contributed by atoms with E-state index in [1.54, 1.807) is 6.07 Å². The summed E-state index contributed by atoms with van der Waals surface area (Å²) in [5, 5.41) is 8.21. The standard InChI is InChI=1S/C17H15F3N2OS/c1-10-4-6-14(22-21-10)13-9-16(2,3)23-15-7-5-11(8-12(13)15)24-17(18,19)20/h4-9H,1-3H3. The average molecular weight is 352 g/mol. The van der Waals surface area contributed by atoms with Gasteiger partial charge in [0, 0.05) is 16.0 Å². The van der Waals surface area contributed by atoms with Gasteiger partial charge in [0.25, 0.3) is 0 Å². The van der Waals surface area contributed by atoms with Gasteiger partial charge in [-0.05, 0) is 68.9 Å². The Kier molecular flexibility index (Phi) is 4.07. The van der Waals surface area contributed by atoms with Crippen LogP contribution in [-0.4, -0.2) is 21.3 Å². The molecule has 0 atom stereocenters. The minimum absolute atomic E-state index is 0.107. The third-order valence-electron chi connectivity index (χ3n) is 3.41. The zero-order valence-electron chi connectivity index (χ0n) is 13.3. The molecule has 2 heterocycles. The molecular weight excluding hydrogens is 337 g/mol. The third-order valence-corrected chi connectivity index (χ3v) is 4.13. The Morgan fingerprint density at radius 1 is 1.08 bits per heavy atom. The lowest BCUT2D eigenvalue weighted by Crippen LogP contribution is -2.29. The number of rotatable bonds is 2. The molecule has 126 valence electrons. The van der Waals surface area contributed by atoms with Gasteiger partial charge in [-0.25, -0.2) is 0 Å². The fourth-order valence-electron chi connectivity index (χ4n) is 2.50. The van der Waals surface area contributed by atoms with Crippen molar-refractivity contribution in [2.45, 2.75) is 36.8 Å². The van der Waals surface area contributed by atoms with Crippen molar-refractivity contribution in [2.24, 2.45) is 0 Å². The number of aromatic nitrogens is 2. The van der Waals surface area contributed by atoms with E-state index in [1.807, 2.05) is 39.0 Å². The third kappa shape index (κ3) is 3.72. The Balaban J connectivity index is 2.10. The molecular formula is C17H15F3N2OS. The summed E-state index contributed by atoms with van der Waals surface area (Å²) in [6.45, 7) is 5.59. The topological polar surface area (TPSA) is 35.0 Å². The van der Waals surface area contributed by atoms with Crippen molar-refractivity contribution >= 4 is 17.3 Å². The molecule has 1 aliphatic rings. The van der Waals surface area contributed by atoms with Gasteiger partial charge in [0.05, 0.1) is 11.4 Å². The van der Waals surface area contributed by atoms with Crippen molar-refractivity contribution in [3.63, 3.8) is 0 Å². The lowest BCUT2D eigenvalue weighted by molar-refractivity contribution is -0.0328. The van der Waals surface area contributed by atoms with Crippen molar-refractivity contribution in [1.82, 2.24) is 10.2 Å². The molecule has 7 heteroatoms. The Hall–Kier alpha value is -2.02. The van der Waals surface area contributed by atoms with Crippen LogP contribution < -0.4 is 4.74 Å². The second-order valence-corrected chi connectivity index (χ2v) is 7.17. The summed E-state index contributed by atoms with van der Waals surface area (Å²) in [5.41, 5.74) is -2.25. The molecule has 24 heavy (non-hydrogen) atoms. The number of nitrogens with zero attached hydrogens (tertiary/aromatic N) is 2. The molecule has 0 radical (unpaired) electrons. The van der Waals surface area contributed by atoms with E-state index in [0.29, 0.717) is 17.0 Å². The van der Waals surface area contributed by atoms with Gasteiger partial charge in [-0.1, -0.05) is 0 Å². The molecule has 2 aromatic rings. The zero-order chi connectivity index (χ0) is 17.5. The van der Waals surface area contributed by atoms with Gasteiger partial charge in [-0.2, -0.15) is 23.4 Å². The van der Waals surface area contributed by atoms with Crippen LogP contribution in [0.2, 0.25) is 0 Å².